The van der Waals surface area contributed by atoms with Gasteiger partial charge in [0.25, 0.3) is 0 Å². The fraction of sp³-hybridized carbons (Fsp3) is 0.409. The summed E-state index contributed by atoms with van der Waals surface area (Å²) in [6, 6.07) is 14.6. The summed E-state index contributed by atoms with van der Waals surface area (Å²) in [5.74, 6) is 1.33. The maximum absolute atomic E-state index is 10.4. The number of furan rings is 1. The second-order valence-electron chi connectivity index (χ2n) is 7.80. The molecule has 0 unspecified atom stereocenters. The van der Waals surface area contributed by atoms with E-state index in [-0.39, 0.29) is 6.10 Å². The molecule has 2 aliphatic rings. The average molecular weight is 363 g/mol. The fourth-order valence-electron chi connectivity index (χ4n) is 3.96. The molecule has 5 rings (SSSR count). The molecule has 0 amide bonds. The van der Waals surface area contributed by atoms with Gasteiger partial charge in [-0.3, -0.25) is 9.58 Å². The number of aryl methyl sites for hydroxylation is 1. The van der Waals surface area contributed by atoms with Crippen LogP contribution in [0.15, 0.2) is 53.1 Å². The minimum atomic E-state index is -0.382. The van der Waals surface area contributed by atoms with Crippen molar-refractivity contribution in [3.63, 3.8) is 0 Å². The Labute approximate surface area is 159 Å². The largest absolute Gasteiger partial charge is 0.464 e. The molecule has 140 valence electrons. The Bertz CT molecular complexity index is 894. The van der Waals surface area contributed by atoms with Crippen LogP contribution in [0.5, 0.6) is 0 Å². The van der Waals surface area contributed by atoms with Crippen molar-refractivity contribution in [2.24, 2.45) is 5.92 Å². The van der Waals surface area contributed by atoms with Gasteiger partial charge in [-0.05, 0) is 48.9 Å². The number of hydrogen-bond acceptors (Lipinski definition) is 4. The van der Waals surface area contributed by atoms with Crippen molar-refractivity contribution in [2.45, 2.75) is 45.0 Å². The Morgan fingerprint density at radius 1 is 1.15 bits per heavy atom. The molecule has 1 saturated carbocycles. The predicted molar refractivity (Wildman–Crippen MR) is 103 cm³/mol. The van der Waals surface area contributed by atoms with Crippen LogP contribution in [0.4, 0.5) is 0 Å². The van der Waals surface area contributed by atoms with Crippen LogP contribution in [0, 0.1) is 5.92 Å². The molecule has 1 atom stereocenters. The van der Waals surface area contributed by atoms with Gasteiger partial charge in [0, 0.05) is 31.7 Å². The summed E-state index contributed by atoms with van der Waals surface area (Å²) in [6.45, 7) is 3.79. The van der Waals surface area contributed by atoms with Gasteiger partial charge in [0.05, 0.1) is 17.7 Å². The molecule has 2 aromatic heterocycles. The Morgan fingerprint density at radius 3 is 2.74 bits per heavy atom. The van der Waals surface area contributed by atoms with Gasteiger partial charge in [0.15, 0.2) is 0 Å². The number of nitrogens with zero attached hydrogens (tertiary/aromatic N) is 3. The molecule has 3 heterocycles. The Kier molecular flexibility index (Phi) is 4.34. The van der Waals surface area contributed by atoms with Crippen LogP contribution in [-0.2, 0) is 19.6 Å². The number of benzene rings is 1. The van der Waals surface area contributed by atoms with Crippen LogP contribution >= 0.6 is 0 Å². The molecule has 5 heteroatoms. The molecule has 1 N–H and O–H groups in total. The molecule has 0 radical (unpaired) electrons. The smallest absolute Gasteiger partial charge is 0.133 e. The van der Waals surface area contributed by atoms with E-state index in [4.69, 9.17) is 4.42 Å². The van der Waals surface area contributed by atoms with Crippen LogP contribution in [0.1, 0.15) is 42.3 Å². The van der Waals surface area contributed by atoms with Gasteiger partial charge >= 0.3 is 0 Å². The third-order valence-corrected chi connectivity index (χ3v) is 5.65. The Morgan fingerprint density at radius 2 is 2.00 bits per heavy atom. The van der Waals surface area contributed by atoms with Crippen LogP contribution in [0.2, 0.25) is 0 Å². The van der Waals surface area contributed by atoms with Crippen molar-refractivity contribution in [3.05, 3.63) is 65.7 Å². The standard InChI is InChI=1S/C22H25N3O2/c26-22(18-8-9-18)20-13-19-15-24(10-2-11-25(19)23-20)14-16-4-6-17(7-5-16)21-3-1-12-27-21/h1,3-7,12-13,18,22,26H,2,8-11,14-15H2/t22-/m1/s1. The van der Waals surface area contributed by atoms with E-state index in [1.807, 2.05) is 12.1 Å². The summed E-state index contributed by atoms with van der Waals surface area (Å²) in [6.07, 6.45) is 4.66. The van der Waals surface area contributed by atoms with E-state index in [1.54, 1.807) is 6.26 Å². The summed E-state index contributed by atoms with van der Waals surface area (Å²) in [5.41, 5.74) is 4.49. The van der Waals surface area contributed by atoms with Gasteiger partial charge in [-0.2, -0.15) is 5.10 Å². The molecule has 3 aromatic rings. The van der Waals surface area contributed by atoms with Crippen molar-refractivity contribution >= 4 is 0 Å². The van der Waals surface area contributed by atoms with Crippen LogP contribution in [-0.4, -0.2) is 26.3 Å². The molecule has 27 heavy (non-hydrogen) atoms. The van der Waals surface area contributed by atoms with Gasteiger partial charge in [0.1, 0.15) is 11.9 Å². The number of aliphatic hydroxyl groups is 1. The molecule has 0 saturated heterocycles. The minimum Gasteiger partial charge on any atom is -0.464 e. The van der Waals surface area contributed by atoms with E-state index in [2.05, 4.69) is 45.0 Å². The highest BCUT2D eigenvalue weighted by Gasteiger charge is 2.33. The highest BCUT2D eigenvalue weighted by atomic mass is 16.3. The first-order valence-corrected chi connectivity index (χ1v) is 9.86. The zero-order valence-corrected chi connectivity index (χ0v) is 15.4. The Balaban J connectivity index is 1.28. The van der Waals surface area contributed by atoms with E-state index < -0.39 is 0 Å². The SMILES string of the molecule is O[C@@H](c1cc2n(n1)CCCN(Cc1ccc(-c3ccco3)cc1)C2)C1CC1. The molecule has 1 aromatic carbocycles. The maximum atomic E-state index is 10.4. The average Bonchev–Trinajstić information content (AvgIpc) is 3.30. The van der Waals surface area contributed by atoms with Crippen LogP contribution in [0.3, 0.4) is 0 Å². The van der Waals surface area contributed by atoms with Crippen molar-refractivity contribution in [1.82, 2.24) is 14.7 Å². The molecule has 0 bridgehead atoms. The van der Waals surface area contributed by atoms with Crippen molar-refractivity contribution in [3.8, 4) is 11.3 Å². The first-order valence-electron chi connectivity index (χ1n) is 9.86. The van der Waals surface area contributed by atoms with E-state index in [9.17, 15) is 5.11 Å². The number of fused-ring (bicyclic) bond motifs is 1. The van der Waals surface area contributed by atoms with Crippen molar-refractivity contribution < 1.29 is 9.52 Å². The highest BCUT2D eigenvalue weighted by molar-refractivity contribution is 5.57. The summed E-state index contributed by atoms with van der Waals surface area (Å²) in [5, 5.41) is 15.1. The number of aliphatic hydroxyl groups excluding tert-OH is 1. The van der Waals surface area contributed by atoms with E-state index in [1.165, 1.54) is 11.3 Å². The predicted octanol–water partition coefficient (Wildman–Crippen LogP) is 3.99. The topological polar surface area (TPSA) is 54.4 Å². The minimum absolute atomic E-state index is 0.382. The number of rotatable bonds is 5. The number of hydrogen-bond donors (Lipinski definition) is 1. The van der Waals surface area contributed by atoms with Gasteiger partial charge < -0.3 is 9.52 Å². The summed E-state index contributed by atoms with van der Waals surface area (Å²) < 4.78 is 7.57. The summed E-state index contributed by atoms with van der Waals surface area (Å²) >= 11 is 0. The zero-order chi connectivity index (χ0) is 18.2. The monoisotopic (exact) mass is 363 g/mol. The van der Waals surface area contributed by atoms with Gasteiger partial charge in [-0.15, -0.1) is 0 Å². The second kappa shape index (κ2) is 6.98. The normalized spacial score (nSPS) is 18.9. The lowest BCUT2D eigenvalue weighted by Crippen LogP contribution is -2.22. The van der Waals surface area contributed by atoms with Gasteiger partial charge in [-0.1, -0.05) is 24.3 Å². The first kappa shape index (κ1) is 16.8. The van der Waals surface area contributed by atoms with Crippen LogP contribution < -0.4 is 0 Å². The maximum Gasteiger partial charge on any atom is 0.133 e. The van der Waals surface area contributed by atoms with E-state index >= 15 is 0 Å². The van der Waals surface area contributed by atoms with Crippen molar-refractivity contribution in [2.75, 3.05) is 6.54 Å². The lowest BCUT2D eigenvalue weighted by atomic mass is 10.1. The molecule has 1 aliphatic heterocycles. The highest BCUT2D eigenvalue weighted by Crippen LogP contribution is 2.40. The third-order valence-electron chi connectivity index (χ3n) is 5.65. The number of aromatic nitrogens is 2. The molecule has 5 nitrogen and oxygen atoms in total. The van der Waals surface area contributed by atoms with Crippen molar-refractivity contribution in [1.29, 1.82) is 0 Å². The Hall–Kier alpha value is -2.37. The third kappa shape index (κ3) is 3.57. The lowest BCUT2D eigenvalue weighted by molar-refractivity contribution is 0.148. The molecular formula is C22H25N3O2. The van der Waals surface area contributed by atoms with Gasteiger partial charge in [0.2, 0.25) is 0 Å². The molecule has 1 fully saturated rings. The van der Waals surface area contributed by atoms with E-state index in [0.717, 1.165) is 62.5 Å². The summed E-state index contributed by atoms with van der Waals surface area (Å²) in [4.78, 5) is 2.47. The molecular weight excluding hydrogens is 338 g/mol. The second-order valence-corrected chi connectivity index (χ2v) is 7.80. The van der Waals surface area contributed by atoms with E-state index in [0.29, 0.717) is 5.92 Å². The fourth-order valence-corrected chi connectivity index (χ4v) is 3.96. The zero-order valence-electron chi connectivity index (χ0n) is 15.4. The molecule has 0 spiro atoms. The lowest BCUT2D eigenvalue weighted by Gasteiger charge is -2.19. The molecule has 1 aliphatic carbocycles. The first-order chi connectivity index (χ1) is 13.3. The van der Waals surface area contributed by atoms with Crippen LogP contribution in [0.25, 0.3) is 11.3 Å². The summed E-state index contributed by atoms with van der Waals surface area (Å²) in [7, 11) is 0. The quantitative estimate of drug-likeness (QED) is 0.745. The van der Waals surface area contributed by atoms with Gasteiger partial charge in [-0.25, -0.2) is 0 Å².